The zero-order valence-corrected chi connectivity index (χ0v) is 22.0. The van der Waals surface area contributed by atoms with Crippen LogP contribution in [0.5, 0.6) is 0 Å². The van der Waals surface area contributed by atoms with Crippen LogP contribution in [0.3, 0.4) is 0 Å². The lowest BCUT2D eigenvalue weighted by molar-refractivity contribution is 0.537. The van der Waals surface area contributed by atoms with Gasteiger partial charge in [-0.2, -0.15) is 0 Å². The minimum absolute atomic E-state index is 0.601. The van der Waals surface area contributed by atoms with Crippen LogP contribution in [0.1, 0.15) is 59.4 Å². The SMILES string of the molecule is CC1c2ccccc2C(C)C1[Si](C)(C)C1Cc2ccc3ccccc3c2CC1c1ccccc1. The first-order valence-corrected chi connectivity index (χ1v) is 16.3. The quantitative estimate of drug-likeness (QED) is 0.267. The Bertz CT molecular complexity index is 1310. The van der Waals surface area contributed by atoms with Crippen LogP contribution in [-0.2, 0) is 12.8 Å². The highest BCUT2D eigenvalue weighted by Crippen LogP contribution is 2.60. The summed E-state index contributed by atoms with van der Waals surface area (Å²) in [5.74, 6) is 1.91. The lowest BCUT2D eigenvalue weighted by Crippen LogP contribution is -2.45. The van der Waals surface area contributed by atoms with Crippen LogP contribution in [0.25, 0.3) is 10.8 Å². The monoisotopic (exact) mass is 460 g/mol. The van der Waals surface area contributed by atoms with E-state index < -0.39 is 8.07 Å². The molecule has 0 saturated heterocycles. The molecule has 0 saturated carbocycles. The van der Waals surface area contributed by atoms with Gasteiger partial charge in [0.05, 0.1) is 8.07 Å². The molecule has 0 heterocycles. The van der Waals surface area contributed by atoms with Crippen molar-refractivity contribution >= 4 is 18.8 Å². The molecule has 2 aliphatic rings. The lowest BCUT2D eigenvalue weighted by atomic mass is 9.78. The van der Waals surface area contributed by atoms with E-state index in [-0.39, 0.29) is 0 Å². The topological polar surface area (TPSA) is 0 Å². The molecule has 6 rings (SSSR count). The smallest absolute Gasteiger partial charge is 0.0557 e. The Balaban J connectivity index is 1.47. The Morgan fingerprint density at radius 1 is 0.647 bits per heavy atom. The summed E-state index contributed by atoms with van der Waals surface area (Å²) in [5.41, 5.74) is 9.49. The van der Waals surface area contributed by atoms with E-state index >= 15 is 0 Å². The summed E-state index contributed by atoms with van der Waals surface area (Å²) in [4.78, 5) is 0. The van der Waals surface area contributed by atoms with Crippen molar-refractivity contribution < 1.29 is 0 Å². The molecule has 0 amide bonds. The van der Waals surface area contributed by atoms with Gasteiger partial charge in [0.25, 0.3) is 0 Å². The number of hydrogen-bond acceptors (Lipinski definition) is 0. The average Bonchev–Trinajstić information content (AvgIpc) is 3.14. The van der Waals surface area contributed by atoms with Crippen molar-refractivity contribution in [1.29, 1.82) is 0 Å². The van der Waals surface area contributed by atoms with Crippen molar-refractivity contribution in [2.75, 3.05) is 0 Å². The largest absolute Gasteiger partial charge is 0.0689 e. The van der Waals surface area contributed by atoms with E-state index in [2.05, 4.69) is 118 Å². The Labute approximate surface area is 206 Å². The van der Waals surface area contributed by atoms with Gasteiger partial charge in [-0.1, -0.05) is 118 Å². The highest BCUT2D eigenvalue weighted by Gasteiger charge is 2.51. The molecular weight excluding hydrogens is 424 g/mol. The standard InChI is InChI=1S/C33H36Si/c1-22-27-15-10-11-16-28(27)23(2)33(22)34(3,4)32-20-26-19-18-25-14-8-9-17-29(25)30(26)21-31(32)24-12-6-5-7-13-24/h5-19,22-23,31-33H,20-21H2,1-4H3. The zero-order chi connectivity index (χ0) is 23.4. The van der Waals surface area contributed by atoms with Crippen molar-refractivity contribution in [3.63, 3.8) is 0 Å². The fourth-order valence-electron chi connectivity index (χ4n) is 8.08. The maximum absolute atomic E-state index is 2.73. The molecule has 1 heteroatoms. The Morgan fingerprint density at radius 2 is 1.26 bits per heavy atom. The second-order valence-corrected chi connectivity index (χ2v) is 16.6. The molecule has 4 atom stereocenters. The Kier molecular flexibility index (Phi) is 5.30. The van der Waals surface area contributed by atoms with Gasteiger partial charge in [-0.05, 0) is 80.3 Å². The predicted octanol–water partition coefficient (Wildman–Crippen LogP) is 9.09. The molecule has 0 radical (unpaired) electrons. The molecule has 34 heavy (non-hydrogen) atoms. The van der Waals surface area contributed by atoms with Crippen LogP contribution < -0.4 is 0 Å². The van der Waals surface area contributed by atoms with Crippen LogP contribution in [-0.4, -0.2) is 8.07 Å². The van der Waals surface area contributed by atoms with Gasteiger partial charge in [0.2, 0.25) is 0 Å². The third-order valence-electron chi connectivity index (χ3n) is 9.58. The van der Waals surface area contributed by atoms with E-state index in [4.69, 9.17) is 0 Å². The first-order chi connectivity index (χ1) is 16.5. The number of fused-ring (bicyclic) bond motifs is 4. The van der Waals surface area contributed by atoms with Gasteiger partial charge >= 0.3 is 0 Å². The average molecular weight is 461 g/mol. The van der Waals surface area contributed by atoms with Gasteiger partial charge in [-0.15, -0.1) is 0 Å². The molecule has 0 N–H and O–H groups in total. The van der Waals surface area contributed by atoms with Crippen LogP contribution in [0, 0.1) is 0 Å². The lowest BCUT2D eigenvalue weighted by Gasteiger charge is -2.48. The molecule has 2 aliphatic carbocycles. The number of hydrogen-bond donors (Lipinski definition) is 0. The molecule has 0 nitrogen and oxygen atoms in total. The van der Waals surface area contributed by atoms with Gasteiger partial charge in [0, 0.05) is 0 Å². The van der Waals surface area contributed by atoms with E-state index in [9.17, 15) is 0 Å². The number of benzene rings is 4. The molecule has 0 fully saturated rings. The molecule has 0 aliphatic heterocycles. The van der Waals surface area contributed by atoms with E-state index in [1.165, 1.54) is 23.6 Å². The minimum atomic E-state index is -1.68. The Hall–Kier alpha value is -2.64. The molecule has 4 aromatic rings. The van der Waals surface area contributed by atoms with Crippen LogP contribution >= 0.6 is 0 Å². The summed E-state index contributed by atoms with van der Waals surface area (Å²) in [7, 11) is -1.68. The first-order valence-electron chi connectivity index (χ1n) is 13.1. The minimum Gasteiger partial charge on any atom is -0.0689 e. The Morgan fingerprint density at radius 3 is 1.97 bits per heavy atom. The third-order valence-corrected chi connectivity index (χ3v) is 14.8. The molecular formula is C33H36Si. The summed E-state index contributed by atoms with van der Waals surface area (Å²) in [6.07, 6.45) is 2.40. The van der Waals surface area contributed by atoms with Crippen molar-refractivity contribution in [1.82, 2.24) is 0 Å². The molecule has 0 bridgehead atoms. The van der Waals surface area contributed by atoms with E-state index in [1.807, 2.05) is 0 Å². The van der Waals surface area contributed by atoms with Crippen LogP contribution in [0.15, 0.2) is 91.0 Å². The summed E-state index contributed by atoms with van der Waals surface area (Å²) in [5, 5.41) is 2.85. The predicted molar refractivity (Wildman–Crippen MR) is 149 cm³/mol. The fourth-order valence-corrected chi connectivity index (χ4v) is 13.6. The van der Waals surface area contributed by atoms with E-state index in [0.717, 1.165) is 11.1 Å². The highest BCUT2D eigenvalue weighted by molar-refractivity contribution is 6.80. The van der Waals surface area contributed by atoms with Crippen LogP contribution in [0.2, 0.25) is 24.2 Å². The highest BCUT2D eigenvalue weighted by atomic mass is 28.3. The summed E-state index contributed by atoms with van der Waals surface area (Å²) in [6.45, 7) is 10.5. The zero-order valence-electron chi connectivity index (χ0n) is 21.0. The molecule has 4 aromatic carbocycles. The van der Waals surface area contributed by atoms with Gasteiger partial charge < -0.3 is 0 Å². The number of rotatable bonds is 3. The molecule has 0 spiro atoms. The normalized spacial score (nSPS) is 26.3. The molecule has 4 unspecified atom stereocenters. The fraction of sp³-hybridized carbons (Fsp3) is 0.333. The molecule has 0 aromatic heterocycles. The van der Waals surface area contributed by atoms with Gasteiger partial charge in [-0.25, -0.2) is 0 Å². The van der Waals surface area contributed by atoms with Crippen molar-refractivity contribution in [3.8, 4) is 0 Å². The maximum atomic E-state index is 2.73. The van der Waals surface area contributed by atoms with E-state index in [0.29, 0.717) is 17.8 Å². The second-order valence-electron chi connectivity index (χ2n) is 11.5. The summed E-state index contributed by atoms with van der Waals surface area (Å²) < 4.78 is 0. The summed E-state index contributed by atoms with van der Waals surface area (Å²) >= 11 is 0. The third kappa shape index (κ3) is 3.32. The second kappa shape index (κ2) is 8.24. The first kappa shape index (κ1) is 21.9. The van der Waals surface area contributed by atoms with E-state index in [1.54, 1.807) is 27.8 Å². The van der Waals surface area contributed by atoms with Crippen LogP contribution in [0.4, 0.5) is 0 Å². The van der Waals surface area contributed by atoms with Crippen molar-refractivity contribution in [2.24, 2.45) is 0 Å². The van der Waals surface area contributed by atoms with Crippen molar-refractivity contribution in [3.05, 3.63) is 119 Å². The summed E-state index contributed by atoms with van der Waals surface area (Å²) in [6, 6.07) is 34.6. The van der Waals surface area contributed by atoms with Gasteiger partial charge in [-0.3, -0.25) is 0 Å². The van der Waals surface area contributed by atoms with Crippen molar-refractivity contribution in [2.45, 2.75) is 68.6 Å². The molecule has 172 valence electrons. The van der Waals surface area contributed by atoms with Gasteiger partial charge in [0.15, 0.2) is 0 Å². The van der Waals surface area contributed by atoms with Gasteiger partial charge in [0.1, 0.15) is 0 Å². The maximum Gasteiger partial charge on any atom is 0.0557 e.